The second kappa shape index (κ2) is 5.97. The number of hydrogen-bond donors (Lipinski definition) is 2. The van der Waals surface area contributed by atoms with Gasteiger partial charge in [-0.3, -0.25) is 5.43 Å². The first kappa shape index (κ1) is 13.0. The first-order valence-electron chi connectivity index (χ1n) is 6.30. The lowest BCUT2D eigenvalue weighted by Crippen LogP contribution is -2.25. The Morgan fingerprint density at radius 3 is 2.94 bits per heavy atom. The van der Waals surface area contributed by atoms with E-state index in [1.54, 1.807) is 0 Å². The van der Waals surface area contributed by atoms with Crippen molar-refractivity contribution in [3.8, 4) is 0 Å². The average Bonchev–Trinajstić information content (AvgIpc) is 3.17. The molecule has 0 bridgehead atoms. The molecule has 1 aromatic heterocycles. The number of nitrogen functional groups attached to an aromatic ring is 1. The van der Waals surface area contributed by atoms with Crippen LogP contribution in [0.1, 0.15) is 18.5 Å². The van der Waals surface area contributed by atoms with Gasteiger partial charge in [-0.15, -0.1) is 0 Å². The van der Waals surface area contributed by atoms with Gasteiger partial charge in [0.1, 0.15) is 5.82 Å². The average molecular weight is 251 g/mol. The monoisotopic (exact) mass is 251 g/mol. The molecular formula is C12H21N5O. The van der Waals surface area contributed by atoms with Crippen molar-refractivity contribution >= 4 is 11.8 Å². The van der Waals surface area contributed by atoms with E-state index in [-0.39, 0.29) is 0 Å². The summed E-state index contributed by atoms with van der Waals surface area (Å²) in [4.78, 5) is 10.5. The number of nitrogens with one attached hydrogen (secondary N) is 1. The number of aromatic nitrogens is 2. The molecule has 100 valence electrons. The Bertz CT molecular complexity index is 394. The molecule has 0 radical (unpaired) electrons. The van der Waals surface area contributed by atoms with Crippen LogP contribution in [-0.4, -0.2) is 36.8 Å². The van der Waals surface area contributed by atoms with Crippen molar-refractivity contribution in [1.82, 2.24) is 9.97 Å². The van der Waals surface area contributed by atoms with E-state index in [1.807, 2.05) is 24.9 Å². The van der Waals surface area contributed by atoms with Gasteiger partial charge in [-0.2, -0.15) is 4.98 Å². The van der Waals surface area contributed by atoms with E-state index in [2.05, 4.69) is 15.4 Å². The molecule has 0 aliphatic heterocycles. The van der Waals surface area contributed by atoms with Crippen LogP contribution in [0.5, 0.6) is 0 Å². The van der Waals surface area contributed by atoms with Crippen molar-refractivity contribution in [2.75, 3.05) is 37.1 Å². The molecule has 1 heterocycles. The molecule has 1 saturated carbocycles. The molecule has 0 saturated heterocycles. The Morgan fingerprint density at radius 1 is 1.50 bits per heavy atom. The normalized spacial score (nSPS) is 14.6. The molecule has 1 aliphatic carbocycles. The smallest absolute Gasteiger partial charge is 0.239 e. The maximum Gasteiger partial charge on any atom is 0.239 e. The number of hydrazine groups is 1. The van der Waals surface area contributed by atoms with Crippen LogP contribution in [0.4, 0.5) is 11.8 Å². The zero-order valence-electron chi connectivity index (χ0n) is 11.0. The number of ether oxygens (including phenoxy) is 1. The van der Waals surface area contributed by atoms with Gasteiger partial charge in [0.25, 0.3) is 0 Å². The van der Waals surface area contributed by atoms with Crippen LogP contribution in [0.15, 0.2) is 6.07 Å². The summed E-state index contributed by atoms with van der Waals surface area (Å²) in [6, 6.07) is 1.93. The number of nitrogens with two attached hydrogens (primary N) is 1. The summed E-state index contributed by atoms with van der Waals surface area (Å²) < 4.78 is 5.61. The van der Waals surface area contributed by atoms with Gasteiger partial charge in [-0.25, -0.2) is 10.8 Å². The van der Waals surface area contributed by atoms with Crippen molar-refractivity contribution in [3.63, 3.8) is 0 Å². The fourth-order valence-corrected chi connectivity index (χ4v) is 1.66. The quantitative estimate of drug-likeness (QED) is 0.426. The summed E-state index contributed by atoms with van der Waals surface area (Å²) in [6.07, 6.45) is 2.65. The van der Waals surface area contributed by atoms with Crippen molar-refractivity contribution in [2.24, 2.45) is 11.8 Å². The Morgan fingerprint density at radius 2 is 2.28 bits per heavy atom. The highest BCUT2D eigenvalue weighted by molar-refractivity contribution is 5.43. The standard InChI is InChI=1S/C12H21N5O/c1-9-7-11(15-12(14-9)16-13)17(2)5-6-18-8-10-3-4-10/h7,10H,3-6,8,13H2,1-2H3,(H,14,15,16). The van der Waals surface area contributed by atoms with Gasteiger partial charge in [0.05, 0.1) is 6.61 Å². The Kier molecular flexibility index (Phi) is 4.33. The van der Waals surface area contributed by atoms with Gasteiger partial charge in [0, 0.05) is 32.0 Å². The number of nitrogens with zero attached hydrogens (tertiary/aromatic N) is 3. The van der Waals surface area contributed by atoms with Crippen LogP contribution in [0.3, 0.4) is 0 Å². The number of likely N-dealkylation sites (N-methyl/N-ethyl adjacent to an activating group) is 1. The fraction of sp³-hybridized carbons (Fsp3) is 0.667. The maximum absolute atomic E-state index is 5.61. The van der Waals surface area contributed by atoms with Gasteiger partial charge in [-0.05, 0) is 25.7 Å². The van der Waals surface area contributed by atoms with Crippen LogP contribution >= 0.6 is 0 Å². The summed E-state index contributed by atoms with van der Waals surface area (Å²) in [6.45, 7) is 4.35. The number of anilines is 2. The van der Waals surface area contributed by atoms with E-state index in [1.165, 1.54) is 12.8 Å². The van der Waals surface area contributed by atoms with E-state index >= 15 is 0 Å². The number of hydrogen-bond acceptors (Lipinski definition) is 6. The van der Waals surface area contributed by atoms with Gasteiger partial charge in [0.2, 0.25) is 5.95 Å². The maximum atomic E-state index is 5.61. The third-order valence-electron chi connectivity index (χ3n) is 2.98. The van der Waals surface area contributed by atoms with Crippen LogP contribution in [-0.2, 0) is 4.74 Å². The number of aryl methyl sites for hydroxylation is 1. The van der Waals surface area contributed by atoms with Crippen LogP contribution in [0, 0.1) is 12.8 Å². The predicted octanol–water partition coefficient (Wildman–Crippen LogP) is 0.933. The molecule has 0 aromatic carbocycles. The summed E-state index contributed by atoms with van der Waals surface area (Å²) >= 11 is 0. The molecule has 1 fully saturated rings. The molecule has 1 aromatic rings. The second-order valence-electron chi connectivity index (χ2n) is 4.78. The van der Waals surface area contributed by atoms with Crippen LogP contribution in [0.2, 0.25) is 0 Å². The molecule has 0 unspecified atom stereocenters. The highest BCUT2D eigenvalue weighted by atomic mass is 16.5. The van der Waals surface area contributed by atoms with Crippen molar-refractivity contribution in [3.05, 3.63) is 11.8 Å². The largest absolute Gasteiger partial charge is 0.379 e. The lowest BCUT2D eigenvalue weighted by atomic mass is 10.4. The Labute approximate surface area is 108 Å². The molecular weight excluding hydrogens is 230 g/mol. The minimum atomic E-state index is 0.441. The molecule has 18 heavy (non-hydrogen) atoms. The molecule has 6 heteroatoms. The van der Waals surface area contributed by atoms with Crippen LogP contribution < -0.4 is 16.2 Å². The fourth-order valence-electron chi connectivity index (χ4n) is 1.66. The van der Waals surface area contributed by atoms with Gasteiger partial charge >= 0.3 is 0 Å². The van der Waals surface area contributed by atoms with E-state index in [4.69, 9.17) is 10.6 Å². The summed E-state index contributed by atoms with van der Waals surface area (Å²) in [5.41, 5.74) is 3.36. The van der Waals surface area contributed by atoms with Crippen molar-refractivity contribution < 1.29 is 4.74 Å². The summed E-state index contributed by atoms with van der Waals surface area (Å²) in [5.74, 6) is 7.43. The first-order chi connectivity index (χ1) is 8.69. The number of rotatable bonds is 7. The highest BCUT2D eigenvalue weighted by Crippen LogP contribution is 2.28. The van der Waals surface area contributed by atoms with E-state index in [0.717, 1.165) is 37.2 Å². The molecule has 0 atom stereocenters. The molecule has 2 rings (SSSR count). The zero-order valence-corrected chi connectivity index (χ0v) is 11.0. The van der Waals surface area contributed by atoms with E-state index in [0.29, 0.717) is 5.95 Å². The minimum absolute atomic E-state index is 0.441. The van der Waals surface area contributed by atoms with Crippen LogP contribution in [0.25, 0.3) is 0 Å². The van der Waals surface area contributed by atoms with E-state index < -0.39 is 0 Å². The third-order valence-corrected chi connectivity index (χ3v) is 2.98. The molecule has 3 N–H and O–H groups in total. The molecule has 0 amide bonds. The van der Waals surface area contributed by atoms with Crippen molar-refractivity contribution in [2.45, 2.75) is 19.8 Å². The van der Waals surface area contributed by atoms with E-state index in [9.17, 15) is 0 Å². The first-order valence-corrected chi connectivity index (χ1v) is 6.30. The lowest BCUT2D eigenvalue weighted by Gasteiger charge is -2.19. The van der Waals surface area contributed by atoms with Gasteiger partial charge in [-0.1, -0.05) is 0 Å². The molecule has 6 nitrogen and oxygen atoms in total. The third kappa shape index (κ3) is 3.82. The highest BCUT2D eigenvalue weighted by Gasteiger charge is 2.21. The SMILES string of the molecule is Cc1cc(N(C)CCOCC2CC2)nc(NN)n1. The lowest BCUT2D eigenvalue weighted by molar-refractivity contribution is 0.131. The minimum Gasteiger partial charge on any atom is -0.379 e. The molecule has 1 aliphatic rings. The van der Waals surface area contributed by atoms with Gasteiger partial charge < -0.3 is 9.64 Å². The summed E-state index contributed by atoms with van der Waals surface area (Å²) in [7, 11) is 1.99. The predicted molar refractivity (Wildman–Crippen MR) is 71.4 cm³/mol. The topological polar surface area (TPSA) is 76.3 Å². The Balaban J connectivity index is 1.82. The summed E-state index contributed by atoms with van der Waals surface area (Å²) in [5, 5.41) is 0. The molecule has 0 spiro atoms. The zero-order chi connectivity index (χ0) is 13.0. The van der Waals surface area contributed by atoms with Gasteiger partial charge in [0.15, 0.2) is 0 Å². The Hall–Kier alpha value is -1.40. The second-order valence-corrected chi connectivity index (χ2v) is 4.78. The van der Waals surface area contributed by atoms with Crippen molar-refractivity contribution in [1.29, 1.82) is 0 Å².